The summed E-state index contributed by atoms with van der Waals surface area (Å²) in [4.78, 5) is 16.2. The van der Waals surface area contributed by atoms with Gasteiger partial charge in [-0.15, -0.1) is 16.2 Å². The van der Waals surface area contributed by atoms with E-state index in [0.717, 1.165) is 19.3 Å². The maximum atomic E-state index is 12.3. The van der Waals surface area contributed by atoms with Gasteiger partial charge in [0.25, 0.3) is 15.9 Å². The van der Waals surface area contributed by atoms with Crippen LogP contribution < -0.4 is 10.3 Å². The van der Waals surface area contributed by atoms with Crippen molar-refractivity contribution in [3.63, 3.8) is 0 Å². The van der Waals surface area contributed by atoms with Crippen molar-refractivity contribution in [3.8, 4) is 0 Å². The van der Waals surface area contributed by atoms with Crippen LogP contribution in [-0.2, 0) is 22.9 Å². The smallest absolute Gasteiger partial charge is 0.276 e. The Morgan fingerprint density at radius 1 is 1.42 bits per heavy atom. The average Bonchev–Trinajstić information content (AvgIpc) is 3.08. The fourth-order valence-electron chi connectivity index (χ4n) is 2.98. The lowest BCUT2D eigenvalue weighted by Crippen LogP contribution is -2.41. The summed E-state index contributed by atoms with van der Waals surface area (Å²) in [6, 6.07) is 1.87. The van der Waals surface area contributed by atoms with E-state index < -0.39 is 15.9 Å². The molecule has 9 heteroatoms. The van der Waals surface area contributed by atoms with Crippen molar-refractivity contribution >= 4 is 27.3 Å². The molecule has 3 N–H and O–H groups in total. The number of aromatic nitrogens is 2. The van der Waals surface area contributed by atoms with E-state index in [2.05, 4.69) is 27.4 Å². The van der Waals surface area contributed by atoms with Crippen LogP contribution >= 0.6 is 11.3 Å². The van der Waals surface area contributed by atoms with Crippen molar-refractivity contribution in [2.24, 2.45) is 5.92 Å². The van der Waals surface area contributed by atoms with E-state index in [1.165, 1.54) is 21.8 Å². The van der Waals surface area contributed by atoms with E-state index in [0.29, 0.717) is 22.2 Å². The molecule has 1 aliphatic carbocycles. The number of H-pyrrole nitrogens is 1. The first-order valence-electron chi connectivity index (χ1n) is 7.73. The van der Waals surface area contributed by atoms with Crippen molar-refractivity contribution in [1.29, 1.82) is 0 Å². The molecule has 1 amide bonds. The molecule has 0 radical (unpaired) electrons. The second-order valence-electron chi connectivity index (χ2n) is 6.23. The summed E-state index contributed by atoms with van der Waals surface area (Å²) >= 11 is 1.43. The van der Waals surface area contributed by atoms with Gasteiger partial charge in [-0.25, -0.2) is 8.42 Å². The molecule has 1 aliphatic rings. The van der Waals surface area contributed by atoms with Crippen LogP contribution in [0.1, 0.15) is 44.8 Å². The normalized spacial score (nSPS) is 17.5. The summed E-state index contributed by atoms with van der Waals surface area (Å²) in [5, 5.41) is 6.48. The molecule has 0 bridgehead atoms. The highest BCUT2D eigenvalue weighted by molar-refractivity contribution is 7.89. The molecular formula is C15H20N4O3S2. The number of sulfonamides is 1. The maximum Gasteiger partial charge on any atom is 0.276 e. The number of thiophene rings is 1. The number of fused-ring (bicyclic) bond motifs is 1. The molecule has 2 aromatic heterocycles. The first kappa shape index (κ1) is 17.1. The third-order valence-corrected chi connectivity index (χ3v) is 6.93. The molecule has 2 heterocycles. The fourth-order valence-corrected chi connectivity index (χ4v) is 5.30. The molecule has 0 aliphatic heterocycles. The fraction of sp³-hybridized carbons (Fsp3) is 0.467. The number of nitrogens with zero attached hydrogens (tertiary/aromatic N) is 1. The molecule has 0 saturated heterocycles. The van der Waals surface area contributed by atoms with Crippen LogP contribution in [0.15, 0.2) is 11.0 Å². The highest BCUT2D eigenvalue weighted by Crippen LogP contribution is 2.32. The van der Waals surface area contributed by atoms with Gasteiger partial charge in [-0.05, 0) is 50.7 Å². The number of rotatable bonds is 4. The Labute approximate surface area is 144 Å². The number of hydrazine groups is 1. The summed E-state index contributed by atoms with van der Waals surface area (Å²) in [5.74, 6) is 0.179. The number of carbonyl (C=O) groups is 1. The molecule has 7 nitrogen and oxygen atoms in total. The summed E-state index contributed by atoms with van der Waals surface area (Å²) in [6.45, 7) is 5.41. The maximum absolute atomic E-state index is 12.3. The van der Waals surface area contributed by atoms with Crippen LogP contribution in [0.25, 0.3) is 0 Å². The number of nitrogens with one attached hydrogen (secondary N) is 3. The van der Waals surface area contributed by atoms with Crippen LogP contribution in [0.4, 0.5) is 0 Å². The van der Waals surface area contributed by atoms with Gasteiger partial charge in [0.2, 0.25) is 0 Å². The number of hydrogen-bond acceptors (Lipinski definition) is 5. The first-order chi connectivity index (χ1) is 11.3. The monoisotopic (exact) mass is 368 g/mol. The molecule has 0 unspecified atom stereocenters. The van der Waals surface area contributed by atoms with Crippen LogP contribution in [0.3, 0.4) is 0 Å². The van der Waals surface area contributed by atoms with E-state index in [-0.39, 0.29) is 4.90 Å². The van der Waals surface area contributed by atoms with Crippen LogP contribution in [-0.4, -0.2) is 24.5 Å². The molecule has 0 saturated carbocycles. The second-order valence-corrected chi connectivity index (χ2v) is 8.99. The predicted octanol–water partition coefficient (Wildman–Crippen LogP) is 1.84. The Kier molecular flexibility index (Phi) is 4.50. The van der Waals surface area contributed by atoms with Crippen molar-refractivity contribution in [3.05, 3.63) is 32.8 Å². The Bertz CT molecular complexity index is 863. The quantitative estimate of drug-likeness (QED) is 0.716. The SMILES string of the molecule is Cc1n[nH]c(C)c1S(=O)(=O)NNC(=O)c1cc2c(s1)CC[C@@H](C)C2. The number of aryl methyl sites for hydroxylation is 3. The zero-order chi connectivity index (χ0) is 17.5. The Hall–Kier alpha value is -1.71. The summed E-state index contributed by atoms with van der Waals surface area (Å²) in [6.07, 6.45) is 3.08. The standard InChI is InChI=1S/C15H20N4O3S2/c1-8-4-5-12-11(6-8)7-13(23-12)15(20)18-19-24(21,22)14-9(2)16-17-10(14)3/h7-8,19H,4-6H2,1-3H3,(H,16,17)(H,18,20)/t8-/m1/s1. The third kappa shape index (κ3) is 3.24. The average molecular weight is 368 g/mol. The molecule has 2 aromatic rings. The lowest BCUT2D eigenvalue weighted by molar-refractivity contribution is 0.0949. The van der Waals surface area contributed by atoms with Gasteiger partial charge in [0.15, 0.2) is 0 Å². The van der Waals surface area contributed by atoms with Gasteiger partial charge in [0.05, 0.1) is 16.3 Å². The molecule has 1 atom stereocenters. The van der Waals surface area contributed by atoms with E-state index in [1.54, 1.807) is 13.8 Å². The number of amides is 1. The summed E-state index contributed by atoms with van der Waals surface area (Å²) < 4.78 is 24.7. The van der Waals surface area contributed by atoms with Crippen LogP contribution in [0, 0.1) is 19.8 Å². The van der Waals surface area contributed by atoms with Crippen molar-refractivity contribution in [2.45, 2.75) is 44.9 Å². The zero-order valence-corrected chi connectivity index (χ0v) is 15.4. The highest BCUT2D eigenvalue weighted by atomic mass is 32.2. The van der Waals surface area contributed by atoms with Crippen LogP contribution in [0.2, 0.25) is 0 Å². The largest absolute Gasteiger partial charge is 0.281 e. The van der Waals surface area contributed by atoms with Gasteiger partial charge < -0.3 is 0 Å². The first-order valence-corrected chi connectivity index (χ1v) is 10.0. The minimum atomic E-state index is -3.86. The molecule has 130 valence electrons. The molecule has 24 heavy (non-hydrogen) atoms. The van der Waals surface area contributed by atoms with Crippen LogP contribution in [0.5, 0.6) is 0 Å². The lowest BCUT2D eigenvalue weighted by atomic mass is 9.90. The Morgan fingerprint density at radius 2 is 2.17 bits per heavy atom. The molecule has 0 spiro atoms. The number of hydrogen-bond donors (Lipinski definition) is 3. The second kappa shape index (κ2) is 6.30. The van der Waals surface area contributed by atoms with E-state index >= 15 is 0 Å². The Balaban J connectivity index is 1.72. The minimum Gasteiger partial charge on any atom is -0.281 e. The number of aromatic amines is 1. The zero-order valence-electron chi connectivity index (χ0n) is 13.8. The predicted molar refractivity (Wildman–Crippen MR) is 91.4 cm³/mol. The Morgan fingerprint density at radius 3 is 2.83 bits per heavy atom. The van der Waals surface area contributed by atoms with Gasteiger partial charge in [-0.2, -0.15) is 5.10 Å². The van der Waals surface area contributed by atoms with E-state index in [4.69, 9.17) is 0 Å². The molecule has 3 rings (SSSR count). The molecule has 0 aromatic carbocycles. The van der Waals surface area contributed by atoms with Gasteiger partial charge in [0.1, 0.15) is 4.90 Å². The molecule has 0 fully saturated rings. The lowest BCUT2D eigenvalue weighted by Gasteiger charge is -2.16. The number of carbonyl (C=O) groups excluding carboxylic acids is 1. The summed E-state index contributed by atoms with van der Waals surface area (Å²) in [5.41, 5.74) is 4.28. The van der Waals surface area contributed by atoms with Gasteiger partial charge in [-0.3, -0.25) is 15.3 Å². The van der Waals surface area contributed by atoms with Crippen molar-refractivity contribution < 1.29 is 13.2 Å². The highest BCUT2D eigenvalue weighted by Gasteiger charge is 2.24. The topological polar surface area (TPSA) is 104 Å². The van der Waals surface area contributed by atoms with Crippen molar-refractivity contribution in [1.82, 2.24) is 20.5 Å². The molecular weight excluding hydrogens is 348 g/mol. The van der Waals surface area contributed by atoms with Gasteiger partial charge in [0, 0.05) is 4.88 Å². The van der Waals surface area contributed by atoms with Crippen molar-refractivity contribution in [2.75, 3.05) is 0 Å². The van der Waals surface area contributed by atoms with Gasteiger partial charge in [-0.1, -0.05) is 6.92 Å². The third-order valence-electron chi connectivity index (χ3n) is 4.18. The minimum absolute atomic E-state index is 0.0575. The van der Waals surface area contributed by atoms with E-state index in [9.17, 15) is 13.2 Å². The van der Waals surface area contributed by atoms with Gasteiger partial charge >= 0.3 is 0 Å². The van der Waals surface area contributed by atoms with E-state index in [1.807, 2.05) is 6.07 Å². The summed E-state index contributed by atoms with van der Waals surface area (Å²) in [7, 11) is -3.86.